The molecule has 0 unspecified atom stereocenters. The number of methoxy groups -OCH3 is 1. The quantitative estimate of drug-likeness (QED) is 0.417. The minimum absolute atomic E-state index is 0.0627. The van der Waals surface area contributed by atoms with Crippen molar-refractivity contribution in [3.05, 3.63) is 65.5 Å². The van der Waals surface area contributed by atoms with E-state index in [1.165, 1.54) is 21.9 Å². The van der Waals surface area contributed by atoms with Crippen LogP contribution in [0.2, 0.25) is 0 Å². The number of para-hydroxylation sites is 1. The Bertz CT molecular complexity index is 1200. The molecule has 1 atom stereocenters. The number of ether oxygens (including phenoxy) is 1. The summed E-state index contributed by atoms with van der Waals surface area (Å²) in [5, 5.41) is 5.74. The van der Waals surface area contributed by atoms with Gasteiger partial charge in [0.1, 0.15) is 5.75 Å². The molecule has 0 saturated heterocycles. The van der Waals surface area contributed by atoms with Gasteiger partial charge in [-0.2, -0.15) is 0 Å². The molecule has 0 fully saturated rings. The van der Waals surface area contributed by atoms with Crippen molar-refractivity contribution in [1.29, 1.82) is 0 Å². The van der Waals surface area contributed by atoms with Crippen LogP contribution in [0.4, 0.5) is 0 Å². The first-order valence-electron chi connectivity index (χ1n) is 10.8. The Morgan fingerprint density at radius 1 is 1.17 bits per heavy atom. The SMILES string of the molecule is COc1ccc2[nH]c3c(c2c1)CCC[C@H]3NC(=O)CCCc1c[nH]c2ccccc12. The summed E-state index contributed by atoms with van der Waals surface area (Å²) in [4.78, 5) is 19.5. The third-order valence-electron chi connectivity index (χ3n) is 6.27. The molecule has 0 aliphatic heterocycles. The highest BCUT2D eigenvalue weighted by Gasteiger charge is 2.25. The highest BCUT2D eigenvalue weighted by Crippen LogP contribution is 2.36. The molecule has 154 valence electrons. The molecule has 0 spiro atoms. The standard InChI is InChI=1S/C25H27N3O2/c1-30-17-12-13-22-20(14-17)19-8-5-10-23(25(19)28-22)27-24(29)11-4-6-16-15-26-21-9-3-2-7-18(16)21/h2-3,7,9,12-15,23,26,28H,4-6,8,10-11H2,1H3,(H,27,29)/t23-/m1/s1. The molecule has 5 heteroatoms. The summed E-state index contributed by atoms with van der Waals surface area (Å²) >= 11 is 0. The number of hydrogen-bond acceptors (Lipinski definition) is 2. The van der Waals surface area contributed by atoms with Gasteiger partial charge in [0.05, 0.1) is 13.2 Å². The van der Waals surface area contributed by atoms with E-state index in [-0.39, 0.29) is 11.9 Å². The zero-order chi connectivity index (χ0) is 20.5. The van der Waals surface area contributed by atoms with E-state index in [9.17, 15) is 4.79 Å². The van der Waals surface area contributed by atoms with Crippen molar-refractivity contribution in [2.75, 3.05) is 7.11 Å². The van der Waals surface area contributed by atoms with Gasteiger partial charge in [-0.3, -0.25) is 4.79 Å². The Kier molecular flexibility index (Phi) is 4.95. The van der Waals surface area contributed by atoms with Crippen LogP contribution in [0.1, 0.15) is 48.5 Å². The monoisotopic (exact) mass is 401 g/mol. The van der Waals surface area contributed by atoms with Crippen molar-refractivity contribution in [3.8, 4) is 5.75 Å². The lowest BCUT2D eigenvalue weighted by Gasteiger charge is -2.24. The van der Waals surface area contributed by atoms with E-state index in [4.69, 9.17) is 4.74 Å². The van der Waals surface area contributed by atoms with Crippen LogP contribution in [0, 0.1) is 0 Å². The number of carbonyl (C=O) groups is 1. The Morgan fingerprint density at radius 2 is 2.07 bits per heavy atom. The van der Waals surface area contributed by atoms with E-state index in [0.717, 1.165) is 54.6 Å². The van der Waals surface area contributed by atoms with Crippen LogP contribution in [0.3, 0.4) is 0 Å². The molecule has 2 aromatic carbocycles. The highest BCUT2D eigenvalue weighted by atomic mass is 16.5. The van der Waals surface area contributed by atoms with Crippen LogP contribution in [-0.4, -0.2) is 23.0 Å². The van der Waals surface area contributed by atoms with Gasteiger partial charge in [-0.25, -0.2) is 0 Å². The zero-order valence-electron chi connectivity index (χ0n) is 17.3. The molecule has 2 aromatic heterocycles. The first kappa shape index (κ1) is 18.8. The second kappa shape index (κ2) is 7.90. The summed E-state index contributed by atoms with van der Waals surface area (Å²) in [6, 6.07) is 14.5. The third-order valence-corrected chi connectivity index (χ3v) is 6.27. The van der Waals surface area contributed by atoms with Gasteiger partial charge in [-0.15, -0.1) is 0 Å². The maximum absolute atomic E-state index is 12.7. The molecule has 0 radical (unpaired) electrons. The number of aromatic amines is 2. The first-order valence-corrected chi connectivity index (χ1v) is 10.8. The van der Waals surface area contributed by atoms with E-state index in [1.54, 1.807) is 7.11 Å². The minimum atomic E-state index is 0.0627. The molecule has 5 nitrogen and oxygen atoms in total. The summed E-state index contributed by atoms with van der Waals surface area (Å²) in [7, 11) is 1.69. The number of nitrogens with one attached hydrogen (secondary N) is 3. The van der Waals surface area contributed by atoms with Crippen molar-refractivity contribution >= 4 is 27.7 Å². The molecule has 0 saturated carbocycles. The first-order chi connectivity index (χ1) is 14.7. The smallest absolute Gasteiger partial charge is 0.220 e. The number of aromatic nitrogens is 2. The topological polar surface area (TPSA) is 69.9 Å². The van der Waals surface area contributed by atoms with Crippen LogP contribution in [-0.2, 0) is 17.6 Å². The zero-order valence-corrected chi connectivity index (χ0v) is 17.3. The molecule has 3 N–H and O–H groups in total. The average molecular weight is 402 g/mol. The molecule has 5 rings (SSSR count). The van der Waals surface area contributed by atoms with Gasteiger partial charge in [-0.1, -0.05) is 18.2 Å². The number of H-pyrrole nitrogens is 2. The maximum Gasteiger partial charge on any atom is 0.220 e. The van der Waals surface area contributed by atoms with E-state index in [1.807, 2.05) is 12.1 Å². The van der Waals surface area contributed by atoms with Gasteiger partial charge in [0.2, 0.25) is 5.91 Å². The molecule has 1 aliphatic rings. The van der Waals surface area contributed by atoms with Gasteiger partial charge in [0.25, 0.3) is 0 Å². The fourth-order valence-electron chi connectivity index (χ4n) is 4.76. The lowest BCUT2D eigenvalue weighted by atomic mass is 9.91. The minimum Gasteiger partial charge on any atom is -0.497 e. The maximum atomic E-state index is 12.7. The number of rotatable bonds is 6. The molecule has 1 aliphatic carbocycles. The number of carbonyl (C=O) groups excluding carboxylic acids is 1. The normalized spacial score (nSPS) is 16.0. The molecule has 30 heavy (non-hydrogen) atoms. The van der Waals surface area contributed by atoms with E-state index in [2.05, 4.69) is 51.8 Å². The predicted molar refractivity (Wildman–Crippen MR) is 120 cm³/mol. The summed E-state index contributed by atoms with van der Waals surface area (Å²) in [5.74, 6) is 0.997. The van der Waals surface area contributed by atoms with Crippen molar-refractivity contribution < 1.29 is 9.53 Å². The van der Waals surface area contributed by atoms with Crippen LogP contribution in [0.25, 0.3) is 21.8 Å². The fourth-order valence-corrected chi connectivity index (χ4v) is 4.76. The largest absolute Gasteiger partial charge is 0.497 e. The molecule has 2 heterocycles. The summed E-state index contributed by atoms with van der Waals surface area (Å²) < 4.78 is 5.39. The van der Waals surface area contributed by atoms with Gasteiger partial charge in [0, 0.05) is 40.1 Å². The van der Waals surface area contributed by atoms with Crippen LogP contribution in [0.5, 0.6) is 5.75 Å². The Balaban J connectivity index is 1.25. The summed E-state index contributed by atoms with van der Waals surface area (Å²) in [6.07, 6.45) is 7.45. The number of hydrogen-bond donors (Lipinski definition) is 3. The van der Waals surface area contributed by atoms with Crippen LogP contribution < -0.4 is 10.1 Å². The van der Waals surface area contributed by atoms with Gasteiger partial charge >= 0.3 is 0 Å². The Hall–Kier alpha value is -3.21. The number of benzene rings is 2. The van der Waals surface area contributed by atoms with Crippen molar-refractivity contribution in [2.24, 2.45) is 0 Å². The van der Waals surface area contributed by atoms with E-state index < -0.39 is 0 Å². The third kappa shape index (κ3) is 3.45. The van der Waals surface area contributed by atoms with Crippen molar-refractivity contribution in [1.82, 2.24) is 15.3 Å². The molecule has 1 amide bonds. The van der Waals surface area contributed by atoms with E-state index in [0.29, 0.717) is 6.42 Å². The van der Waals surface area contributed by atoms with Crippen LogP contribution in [0.15, 0.2) is 48.7 Å². The molecular weight excluding hydrogens is 374 g/mol. The molecule has 4 aromatic rings. The van der Waals surface area contributed by atoms with Gasteiger partial charge < -0.3 is 20.0 Å². The summed E-state index contributed by atoms with van der Waals surface area (Å²) in [6.45, 7) is 0. The second-order valence-electron chi connectivity index (χ2n) is 8.15. The van der Waals surface area contributed by atoms with Gasteiger partial charge in [-0.05, 0) is 67.5 Å². The fraction of sp³-hybridized carbons (Fsp3) is 0.320. The second-order valence-corrected chi connectivity index (χ2v) is 8.15. The lowest BCUT2D eigenvalue weighted by molar-refractivity contribution is -0.122. The average Bonchev–Trinajstić information content (AvgIpc) is 3.35. The Labute approximate surface area is 175 Å². The number of aryl methyl sites for hydroxylation is 2. The van der Waals surface area contributed by atoms with Crippen molar-refractivity contribution in [2.45, 2.75) is 44.6 Å². The van der Waals surface area contributed by atoms with E-state index >= 15 is 0 Å². The Morgan fingerprint density at radius 3 is 2.97 bits per heavy atom. The molecular formula is C25H27N3O2. The van der Waals surface area contributed by atoms with Crippen molar-refractivity contribution in [3.63, 3.8) is 0 Å². The predicted octanol–water partition coefficient (Wildman–Crippen LogP) is 5.17. The lowest BCUT2D eigenvalue weighted by Crippen LogP contribution is -2.30. The van der Waals surface area contributed by atoms with Crippen LogP contribution >= 0.6 is 0 Å². The van der Waals surface area contributed by atoms with Gasteiger partial charge in [0.15, 0.2) is 0 Å². The highest BCUT2D eigenvalue weighted by molar-refractivity contribution is 5.87. The molecule has 0 bridgehead atoms. The number of amides is 1. The number of fused-ring (bicyclic) bond motifs is 4. The summed E-state index contributed by atoms with van der Waals surface area (Å²) in [5.41, 5.74) is 6.03.